The van der Waals surface area contributed by atoms with E-state index in [1.54, 1.807) is 36.4 Å². The summed E-state index contributed by atoms with van der Waals surface area (Å²) in [7, 11) is -3.87. The van der Waals surface area contributed by atoms with E-state index in [-0.39, 0.29) is 28.8 Å². The van der Waals surface area contributed by atoms with Crippen molar-refractivity contribution in [3.8, 4) is 5.75 Å². The second-order valence-electron chi connectivity index (χ2n) is 9.09. The van der Waals surface area contributed by atoms with Gasteiger partial charge in [-0.25, -0.2) is 8.42 Å². The topological polar surface area (TPSA) is 75.7 Å². The predicted octanol–water partition coefficient (Wildman–Crippen LogP) is 4.25. The largest absolute Gasteiger partial charge is 0.476 e. The number of hydrogen-bond acceptors (Lipinski definition) is 4. The van der Waals surface area contributed by atoms with Gasteiger partial charge < -0.3 is 10.1 Å². The summed E-state index contributed by atoms with van der Waals surface area (Å²) >= 11 is 0. The Morgan fingerprint density at radius 3 is 2.48 bits per heavy atom. The van der Waals surface area contributed by atoms with E-state index >= 15 is 0 Å². The molecule has 2 aromatic rings. The summed E-state index contributed by atoms with van der Waals surface area (Å²) in [4.78, 5) is 13.1. The molecule has 0 unspecified atom stereocenters. The molecular weight excluding hydrogens is 412 g/mol. The standard InChI is InChI=1S/C24H32N2O4S/c1-6-10-17(2)25-23(27)22-16-26(31(28,29)19-11-8-7-9-12-19)20-15-18(24(3,4)5)13-14-21(20)30-22/h7-9,11-15,17,22H,6,10,16H2,1-5H3,(H,25,27)/t17-,22+/m0/s1. The van der Waals surface area contributed by atoms with Gasteiger partial charge in [-0.3, -0.25) is 9.10 Å². The average molecular weight is 445 g/mol. The number of hydrogen-bond donors (Lipinski definition) is 1. The van der Waals surface area contributed by atoms with Gasteiger partial charge in [-0.15, -0.1) is 0 Å². The lowest BCUT2D eigenvalue weighted by Gasteiger charge is -2.36. The molecule has 1 aliphatic rings. The number of ether oxygens (including phenoxy) is 1. The van der Waals surface area contributed by atoms with Gasteiger partial charge in [0, 0.05) is 6.04 Å². The summed E-state index contributed by atoms with van der Waals surface area (Å²) in [5, 5.41) is 2.94. The minimum atomic E-state index is -3.87. The van der Waals surface area contributed by atoms with Gasteiger partial charge in [0.2, 0.25) is 0 Å². The Morgan fingerprint density at radius 2 is 1.87 bits per heavy atom. The molecule has 2 atom stereocenters. The minimum Gasteiger partial charge on any atom is -0.476 e. The van der Waals surface area contributed by atoms with Crippen LogP contribution in [0.1, 0.15) is 53.0 Å². The van der Waals surface area contributed by atoms with Crippen LogP contribution in [0.2, 0.25) is 0 Å². The fourth-order valence-corrected chi connectivity index (χ4v) is 5.13. The van der Waals surface area contributed by atoms with Gasteiger partial charge >= 0.3 is 0 Å². The number of amides is 1. The molecule has 1 heterocycles. The highest BCUT2D eigenvalue weighted by atomic mass is 32.2. The van der Waals surface area contributed by atoms with Crippen LogP contribution in [0, 0.1) is 0 Å². The Balaban J connectivity index is 2.04. The van der Waals surface area contributed by atoms with Crippen molar-refractivity contribution in [1.29, 1.82) is 0 Å². The molecule has 7 heteroatoms. The fourth-order valence-electron chi connectivity index (χ4n) is 3.64. The van der Waals surface area contributed by atoms with E-state index in [9.17, 15) is 13.2 Å². The zero-order valence-electron chi connectivity index (χ0n) is 18.9. The smallest absolute Gasteiger partial charge is 0.264 e. The summed E-state index contributed by atoms with van der Waals surface area (Å²) in [6.45, 7) is 10.1. The van der Waals surface area contributed by atoms with Crippen molar-refractivity contribution < 1.29 is 17.9 Å². The van der Waals surface area contributed by atoms with Crippen molar-refractivity contribution >= 4 is 21.6 Å². The van der Waals surface area contributed by atoms with Gasteiger partial charge in [-0.05, 0) is 48.6 Å². The predicted molar refractivity (Wildman–Crippen MR) is 123 cm³/mol. The molecule has 1 amide bonds. The second kappa shape index (κ2) is 8.91. The number of carbonyl (C=O) groups excluding carboxylic acids is 1. The first kappa shape index (κ1) is 23.1. The number of nitrogens with one attached hydrogen (secondary N) is 1. The lowest BCUT2D eigenvalue weighted by atomic mass is 9.86. The zero-order chi connectivity index (χ0) is 22.8. The maximum absolute atomic E-state index is 13.5. The third-order valence-corrected chi connectivity index (χ3v) is 7.22. The highest BCUT2D eigenvalue weighted by Crippen LogP contribution is 2.40. The Morgan fingerprint density at radius 1 is 1.19 bits per heavy atom. The molecule has 0 bridgehead atoms. The first-order chi connectivity index (χ1) is 14.5. The van der Waals surface area contributed by atoms with Crippen LogP contribution in [0.15, 0.2) is 53.4 Å². The quantitative estimate of drug-likeness (QED) is 0.723. The van der Waals surface area contributed by atoms with E-state index in [2.05, 4.69) is 33.0 Å². The molecule has 2 aromatic carbocycles. The number of sulfonamides is 1. The second-order valence-corrected chi connectivity index (χ2v) is 10.9. The van der Waals surface area contributed by atoms with Crippen LogP contribution in [0.5, 0.6) is 5.75 Å². The normalized spacial score (nSPS) is 17.5. The van der Waals surface area contributed by atoms with Crippen LogP contribution in [-0.4, -0.2) is 33.0 Å². The number of nitrogens with zero attached hydrogens (tertiary/aromatic N) is 1. The Kier molecular flexibility index (Phi) is 6.65. The van der Waals surface area contributed by atoms with Crippen LogP contribution in [-0.2, 0) is 20.2 Å². The van der Waals surface area contributed by atoms with Crippen LogP contribution in [0.4, 0.5) is 5.69 Å². The van der Waals surface area contributed by atoms with Crippen LogP contribution >= 0.6 is 0 Å². The summed E-state index contributed by atoms with van der Waals surface area (Å²) in [5.41, 5.74) is 1.28. The van der Waals surface area contributed by atoms with E-state index in [1.165, 1.54) is 4.31 Å². The number of carbonyl (C=O) groups is 1. The molecule has 168 valence electrons. The van der Waals surface area contributed by atoms with E-state index < -0.39 is 16.1 Å². The van der Waals surface area contributed by atoms with E-state index in [1.807, 2.05) is 19.1 Å². The van der Waals surface area contributed by atoms with E-state index in [0.29, 0.717) is 11.4 Å². The molecule has 0 aromatic heterocycles. The highest BCUT2D eigenvalue weighted by molar-refractivity contribution is 7.92. The Hall–Kier alpha value is -2.54. The highest BCUT2D eigenvalue weighted by Gasteiger charge is 2.38. The summed E-state index contributed by atoms with van der Waals surface area (Å²) in [5.74, 6) is 0.0850. The number of rotatable bonds is 6. The molecule has 31 heavy (non-hydrogen) atoms. The van der Waals surface area contributed by atoms with Crippen molar-refractivity contribution in [3.63, 3.8) is 0 Å². The number of anilines is 1. The molecule has 3 rings (SSSR count). The molecule has 6 nitrogen and oxygen atoms in total. The zero-order valence-corrected chi connectivity index (χ0v) is 19.7. The van der Waals surface area contributed by atoms with E-state index in [4.69, 9.17) is 4.74 Å². The Labute approximate surface area is 185 Å². The maximum atomic E-state index is 13.5. The number of fused-ring (bicyclic) bond motifs is 1. The van der Waals surface area contributed by atoms with Crippen molar-refractivity contribution in [2.75, 3.05) is 10.8 Å². The lowest BCUT2D eigenvalue weighted by molar-refractivity contribution is -0.128. The molecule has 0 spiro atoms. The maximum Gasteiger partial charge on any atom is 0.264 e. The molecule has 1 N–H and O–H groups in total. The average Bonchev–Trinajstić information content (AvgIpc) is 2.72. The van der Waals surface area contributed by atoms with Gasteiger partial charge in [-0.1, -0.05) is 58.4 Å². The minimum absolute atomic E-state index is 0.00931. The molecule has 0 saturated heterocycles. The van der Waals surface area contributed by atoms with Gasteiger partial charge in [0.1, 0.15) is 5.75 Å². The third-order valence-electron chi connectivity index (χ3n) is 5.43. The van der Waals surface area contributed by atoms with Crippen LogP contribution in [0.25, 0.3) is 0 Å². The summed E-state index contributed by atoms with van der Waals surface area (Å²) in [6.07, 6.45) is 0.862. The van der Waals surface area contributed by atoms with Crippen molar-refractivity contribution in [3.05, 3.63) is 54.1 Å². The van der Waals surface area contributed by atoms with Crippen LogP contribution in [0.3, 0.4) is 0 Å². The molecule has 1 aliphatic heterocycles. The van der Waals surface area contributed by atoms with Crippen LogP contribution < -0.4 is 14.4 Å². The monoisotopic (exact) mass is 444 g/mol. The third kappa shape index (κ3) is 5.03. The molecule has 0 aliphatic carbocycles. The lowest BCUT2D eigenvalue weighted by Crippen LogP contribution is -2.52. The number of benzene rings is 2. The Bertz CT molecular complexity index is 1030. The molecular formula is C24H32N2O4S. The molecule has 0 fully saturated rings. The van der Waals surface area contributed by atoms with E-state index in [0.717, 1.165) is 18.4 Å². The molecule has 0 saturated carbocycles. The van der Waals surface area contributed by atoms with Gasteiger partial charge in [0.05, 0.1) is 17.1 Å². The van der Waals surface area contributed by atoms with Gasteiger partial charge in [-0.2, -0.15) is 0 Å². The van der Waals surface area contributed by atoms with Gasteiger partial charge in [0.15, 0.2) is 6.10 Å². The first-order valence-electron chi connectivity index (χ1n) is 10.7. The van der Waals surface area contributed by atoms with Gasteiger partial charge in [0.25, 0.3) is 15.9 Å². The SMILES string of the molecule is CCC[C@H](C)NC(=O)[C@H]1CN(S(=O)(=O)c2ccccc2)c2cc(C(C)(C)C)ccc2O1. The summed E-state index contributed by atoms with van der Waals surface area (Å²) < 4.78 is 34.4. The fraction of sp³-hybridized carbons (Fsp3) is 0.458. The first-order valence-corrected chi connectivity index (χ1v) is 12.2. The van der Waals surface area contributed by atoms with Crippen molar-refractivity contribution in [2.24, 2.45) is 0 Å². The molecule has 0 radical (unpaired) electrons. The van der Waals surface area contributed by atoms with Crippen molar-refractivity contribution in [1.82, 2.24) is 5.32 Å². The van der Waals surface area contributed by atoms with Crippen molar-refractivity contribution in [2.45, 2.75) is 69.9 Å². The summed E-state index contributed by atoms with van der Waals surface area (Å²) in [6, 6.07) is 13.8.